The van der Waals surface area contributed by atoms with Gasteiger partial charge in [-0.2, -0.15) is 5.26 Å². The number of pyridine rings is 1. The van der Waals surface area contributed by atoms with Gasteiger partial charge in [-0.3, -0.25) is 4.98 Å². The third-order valence-electron chi connectivity index (χ3n) is 2.39. The SMILES string of the molecule is CC(C)(C#N)CNS(=O)(=O)CCc1ccccn1. The second kappa shape index (κ2) is 5.94. The lowest BCUT2D eigenvalue weighted by Gasteiger charge is -2.15. The van der Waals surface area contributed by atoms with Crippen LogP contribution in [0, 0.1) is 16.7 Å². The smallest absolute Gasteiger partial charge is 0.212 e. The van der Waals surface area contributed by atoms with Crippen LogP contribution in [-0.2, 0) is 16.4 Å². The first-order valence-corrected chi connectivity index (χ1v) is 7.28. The summed E-state index contributed by atoms with van der Waals surface area (Å²) in [6.45, 7) is 3.50. The molecule has 0 aliphatic rings. The summed E-state index contributed by atoms with van der Waals surface area (Å²) in [4.78, 5) is 4.06. The van der Waals surface area contributed by atoms with Crippen molar-refractivity contribution in [3.05, 3.63) is 30.1 Å². The van der Waals surface area contributed by atoms with E-state index in [0.29, 0.717) is 6.42 Å². The molecule has 1 N–H and O–H groups in total. The van der Waals surface area contributed by atoms with E-state index in [1.54, 1.807) is 32.2 Å². The Bertz CT molecular complexity index is 518. The topological polar surface area (TPSA) is 82.9 Å². The molecule has 1 rings (SSSR count). The Labute approximate surface area is 108 Å². The first-order chi connectivity index (χ1) is 8.35. The lowest BCUT2D eigenvalue weighted by Crippen LogP contribution is -2.35. The van der Waals surface area contributed by atoms with Gasteiger partial charge >= 0.3 is 0 Å². The maximum atomic E-state index is 11.7. The van der Waals surface area contributed by atoms with Gasteiger partial charge in [-0.25, -0.2) is 13.1 Å². The van der Waals surface area contributed by atoms with Crippen molar-refractivity contribution in [2.45, 2.75) is 20.3 Å². The molecule has 6 heteroatoms. The van der Waals surface area contributed by atoms with Crippen LogP contribution < -0.4 is 4.72 Å². The zero-order valence-electron chi connectivity index (χ0n) is 10.5. The van der Waals surface area contributed by atoms with Gasteiger partial charge in [0.2, 0.25) is 10.0 Å². The highest BCUT2D eigenvalue weighted by molar-refractivity contribution is 7.89. The van der Waals surface area contributed by atoms with Crippen LogP contribution in [0.2, 0.25) is 0 Å². The van der Waals surface area contributed by atoms with E-state index in [1.807, 2.05) is 12.1 Å². The van der Waals surface area contributed by atoms with E-state index < -0.39 is 15.4 Å². The highest BCUT2D eigenvalue weighted by Crippen LogP contribution is 2.11. The fraction of sp³-hybridized carbons (Fsp3) is 0.500. The van der Waals surface area contributed by atoms with E-state index in [0.717, 1.165) is 5.69 Å². The van der Waals surface area contributed by atoms with Gasteiger partial charge in [0.1, 0.15) is 0 Å². The molecule has 0 aliphatic carbocycles. The zero-order valence-corrected chi connectivity index (χ0v) is 11.4. The van der Waals surface area contributed by atoms with E-state index in [2.05, 4.69) is 9.71 Å². The van der Waals surface area contributed by atoms with E-state index in [4.69, 9.17) is 5.26 Å². The van der Waals surface area contributed by atoms with E-state index in [1.165, 1.54) is 0 Å². The second-order valence-corrected chi connectivity index (χ2v) is 6.63. The minimum Gasteiger partial charge on any atom is -0.261 e. The zero-order chi connectivity index (χ0) is 13.6. The minimum atomic E-state index is -3.36. The van der Waals surface area contributed by atoms with Gasteiger partial charge in [0, 0.05) is 24.9 Å². The van der Waals surface area contributed by atoms with Crippen LogP contribution in [0.25, 0.3) is 0 Å². The molecule has 0 saturated carbocycles. The largest absolute Gasteiger partial charge is 0.261 e. The molecule has 1 aromatic heterocycles. The minimum absolute atomic E-state index is 0.0223. The lowest BCUT2D eigenvalue weighted by molar-refractivity contribution is 0.478. The van der Waals surface area contributed by atoms with Gasteiger partial charge < -0.3 is 0 Å². The molecule has 0 aliphatic heterocycles. The highest BCUT2D eigenvalue weighted by Gasteiger charge is 2.20. The Kier molecular flexibility index (Phi) is 4.82. The van der Waals surface area contributed by atoms with Crippen LogP contribution in [0.15, 0.2) is 24.4 Å². The average Bonchev–Trinajstić information content (AvgIpc) is 2.36. The van der Waals surface area contributed by atoms with Gasteiger partial charge in [-0.15, -0.1) is 0 Å². The maximum absolute atomic E-state index is 11.7. The number of aromatic nitrogens is 1. The first-order valence-electron chi connectivity index (χ1n) is 5.63. The number of rotatable bonds is 6. The molecule has 18 heavy (non-hydrogen) atoms. The van der Waals surface area contributed by atoms with E-state index in [-0.39, 0.29) is 12.3 Å². The van der Waals surface area contributed by atoms with Crippen molar-refractivity contribution in [2.24, 2.45) is 5.41 Å². The molecule has 1 heterocycles. The summed E-state index contributed by atoms with van der Waals surface area (Å²) in [5, 5.41) is 8.80. The van der Waals surface area contributed by atoms with E-state index in [9.17, 15) is 8.42 Å². The average molecular weight is 267 g/mol. The predicted molar refractivity (Wildman–Crippen MR) is 69.1 cm³/mol. The predicted octanol–water partition coefficient (Wildman–Crippen LogP) is 1.09. The number of sulfonamides is 1. The Morgan fingerprint density at radius 2 is 2.17 bits per heavy atom. The van der Waals surface area contributed by atoms with Crippen LogP contribution in [0.4, 0.5) is 0 Å². The van der Waals surface area contributed by atoms with Crippen molar-refractivity contribution in [3.63, 3.8) is 0 Å². The number of hydrogen-bond acceptors (Lipinski definition) is 4. The van der Waals surface area contributed by atoms with Crippen LogP contribution in [-0.4, -0.2) is 25.7 Å². The summed E-state index contributed by atoms with van der Waals surface area (Å²) in [5.41, 5.74) is 0.0420. The number of nitrogens with zero attached hydrogens (tertiary/aromatic N) is 2. The Morgan fingerprint density at radius 1 is 1.44 bits per heavy atom. The molecule has 0 spiro atoms. The Morgan fingerprint density at radius 3 is 2.72 bits per heavy atom. The molecule has 0 bridgehead atoms. The van der Waals surface area contributed by atoms with Gasteiger partial charge in [-0.1, -0.05) is 6.07 Å². The summed E-state index contributed by atoms with van der Waals surface area (Å²) < 4.78 is 25.9. The van der Waals surface area contributed by atoms with E-state index >= 15 is 0 Å². The third kappa shape index (κ3) is 5.25. The first kappa shape index (κ1) is 14.6. The van der Waals surface area contributed by atoms with Gasteiger partial charge in [0.25, 0.3) is 0 Å². The number of hydrogen-bond donors (Lipinski definition) is 1. The molecule has 0 radical (unpaired) electrons. The molecule has 0 fully saturated rings. The van der Waals surface area contributed by atoms with Gasteiger partial charge in [0.15, 0.2) is 0 Å². The molecular weight excluding hydrogens is 250 g/mol. The Hall–Kier alpha value is -1.45. The van der Waals surface area contributed by atoms with Crippen LogP contribution in [0.5, 0.6) is 0 Å². The second-order valence-electron chi connectivity index (χ2n) is 4.71. The number of nitrogens with one attached hydrogen (secondary N) is 1. The fourth-order valence-corrected chi connectivity index (χ4v) is 2.39. The summed E-state index contributed by atoms with van der Waals surface area (Å²) in [6.07, 6.45) is 2.00. The molecule has 0 aromatic carbocycles. The monoisotopic (exact) mass is 267 g/mol. The molecule has 0 saturated heterocycles. The van der Waals surface area contributed by atoms with Crippen LogP contribution in [0.1, 0.15) is 19.5 Å². The molecular formula is C12H17N3O2S. The standard InChI is InChI=1S/C12H17N3O2S/c1-12(2,9-13)10-15-18(16,17)8-6-11-5-3-4-7-14-11/h3-5,7,15H,6,8,10H2,1-2H3. The summed E-state index contributed by atoms with van der Waals surface area (Å²) in [7, 11) is -3.36. The molecule has 0 unspecified atom stereocenters. The summed E-state index contributed by atoms with van der Waals surface area (Å²) in [6, 6.07) is 7.44. The van der Waals surface area contributed by atoms with Gasteiger partial charge in [-0.05, 0) is 26.0 Å². The summed E-state index contributed by atoms with van der Waals surface area (Å²) in [5.74, 6) is -0.0223. The van der Waals surface area contributed by atoms with Gasteiger partial charge in [0.05, 0.1) is 17.2 Å². The molecule has 0 atom stereocenters. The summed E-state index contributed by atoms with van der Waals surface area (Å²) >= 11 is 0. The number of nitriles is 1. The Balaban J connectivity index is 2.49. The van der Waals surface area contributed by atoms with Crippen molar-refractivity contribution >= 4 is 10.0 Å². The van der Waals surface area contributed by atoms with Crippen LogP contribution >= 0.6 is 0 Å². The van der Waals surface area contributed by atoms with Crippen molar-refractivity contribution < 1.29 is 8.42 Å². The molecule has 1 aromatic rings. The normalized spacial score (nSPS) is 12.1. The maximum Gasteiger partial charge on any atom is 0.212 e. The fourth-order valence-electron chi connectivity index (χ4n) is 1.19. The highest BCUT2D eigenvalue weighted by atomic mass is 32.2. The van der Waals surface area contributed by atoms with Crippen molar-refractivity contribution in [2.75, 3.05) is 12.3 Å². The number of aryl methyl sites for hydroxylation is 1. The quantitative estimate of drug-likeness (QED) is 0.836. The lowest BCUT2D eigenvalue weighted by atomic mass is 9.97. The van der Waals surface area contributed by atoms with Crippen molar-refractivity contribution in [3.8, 4) is 6.07 Å². The third-order valence-corrected chi connectivity index (χ3v) is 3.72. The molecule has 5 nitrogen and oxygen atoms in total. The molecule has 98 valence electrons. The molecule has 0 amide bonds. The van der Waals surface area contributed by atoms with Crippen molar-refractivity contribution in [1.82, 2.24) is 9.71 Å². The van der Waals surface area contributed by atoms with Crippen LogP contribution in [0.3, 0.4) is 0 Å². The van der Waals surface area contributed by atoms with Crippen molar-refractivity contribution in [1.29, 1.82) is 5.26 Å².